The molecule has 2 aliphatic heterocycles. The van der Waals surface area contributed by atoms with Crippen LogP contribution < -0.4 is 31.3 Å². The Balaban J connectivity index is 1.61. The molecule has 2 aliphatic rings. The molecule has 1 aromatic heterocycles. The van der Waals surface area contributed by atoms with Gasteiger partial charge in [-0.2, -0.15) is 0 Å². The van der Waals surface area contributed by atoms with Crippen LogP contribution in [0.2, 0.25) is 0 Å². The van der Waals surface area contributed by atoms with Gasteiger partial charge in [0.05, 0.1) is 47.2 Å². The maximum atomic E-state index is 10.6. The fourth-order valence-corrected chi connectivity index (χ4v) is 8.94. The third-order valence-electron chi connectivity index (χ3n) is 13.3. The number of furan rings is 1. The van der Waals surface area contributed by atoms with Crippen LogP contribution in [0.4, 0.5) is 51.2 Å². The fourth-order valence-electron chi connectivity index (χ4n) is 8.94. The van der Waals surface area contributed by atoms with E-state index in [9.17, 15) is 30.2 Å². The van der Waals surface area contributed by atoms with Gasteiger partial charge in [0.15, 0.2) is 0 Å². The van der Waals surface area contributed by atoms with Crippen LogP contribution in [0, 0.1) is 0 Å². The van der Waals surface area contributed by atoms with E-state index in [1.807, 2.05) is 0 Å². The van der Waals surface area contributed by atoms with Crippen molar-refractivity contribution in [1.29, 1.82) is 0 Å². The molecule has 0 fully saturated rings. The van der Waals surface area contributed by atoms with Gasteiger partial charge in [0.25, 0.3) is 6.71 Å². The topological polar surface area (TPSA) is 22.9 Å². The molecule has 0 saturated heterocycles. The van der Waals surface area contributed by atoms with E-state index in [-0.39, 0.29) is 101 Å². The van der Waals surface area contributed by atoms with Gasteiger partial charge in [-0.05, 0) is 155 Å². The third-order valence-corrected chi connectivity index (χ3v) is 13.3. The van der Waals surface area contributed by atoms with E-state index >= 15 is 0 Å². The van der Waals surface area contributed by atoms with Crippen molar-refractivity contribution in [3.05, 3.63) is 178 Å². The summed E-state index contributed by atoms with van der Waals surface area (Å²) in [5.41, 5.74) is -10.8. The van der Waals surface area contributed by atoms with Gasteiger partial charge >= 0.3 is 0 Å². The molecule has 0 spiro atoms. The second kappa shape index (κ2) is 17.1. The summed E-state index contributed by atoms with van der Waals surface area (Å²) in [7, 11) is 0. The predicted octanol–water partition coefficient (Wildman–Crippen LogP) is 17.8. The van der Waals surface area contributed by atoms with Gasteiger partial charge in [0, 0.05) is 45.2 Å². The lowest BCUT2D eigenvalue weighted by Gasteiger charge is -2.44. The molecule has 10 rings (SSSR count). The van der Waals surface area contributed by atoms with Gasteiger partial charge in [-0.1, -0.05) is 191 Å². The summed E-state index contributed by atoms with van der Waals surface area (Å²) in [4.78, 5) is 3.45. The molecule has 374 valence electrons. The summed E-state index contributed by atoms with van der Waals surface area (Å²) in [6, 6.07) is -9.82. The van der Waals surface area contributed by atoms with Crippen molar-refractivity contribution in [2.75, 3.05) is 14.7 Å². The largest absolute Gasteiger partial charge is 0.468 e. The number of fused-ring (bicyclic) bond motifs is 6. The molecule has 8 aromatic rings. The Labute approximate surface area is 469 Å². The molecule has 73 heavy (non-hydrogen) atoms. The fraction of sp³-hybridized carbons (Fsp3) is 0.353. The Kier molecular flexibility index (Phi) is 7.02. The minimum Gasteiger partial charge on any atom is -0.468 e. The Morgan fingerprint density at radius 2 is 0.767 bits per heavy atom. The van der Waals surface area contributed by atoms with Crippen LogP contribution in [0.3, 0.4) is 0 Å². The van der Waals surface area contributed by atoms with Crippen LogP contribution in [0.5, 0.6) is 0 Å². The number of rotatable bonds is 5. The summed E-state index contributed by atoms with van der Waals surface area (Å²) in [5, 5.41) is -0.182. The molecule has 3 heterocycles. The molecule has 5 heteroatoms. The first-order chi connectivity index (χ1) is 43.2. The van der Waals surface area contributed by atoms with E-state index in [2.05, 4.69) is 0 Å². The van der Waals surface area contributed by atoms with Crippen LogP contribution in [0.15, 0.2) is 149 Å². The van der Waals surface area contributed by atoms with E-state index in [0.717, 1.165) is 4.90 Å². The lowest BCUT2D eigenvalue weighted by molar-refractivity contribution is 0.590. The zero-order chi connectivity index (χ0) is 71.7. The van der Waals surface area contributed by atoms with E-state index in [0.29, 0.717) is 0 Å². The first-order valence-electron chi connectivity index (χ1n) is 35.9. The van der Waals surface area contributed by atoms with E-state index in [1.54, 1.807) is 125 Å². The molecule has 0 aliphatic carbocycles. The van der Waals surface area contributed by atoms with Crippen molar-refractivity contribution in [3.63, 3.8) is 0 Å². The lowest BCUT2D eigenvalue weighted by atomic mass is 9.35. The first kappa shape index (κ1) is 30.0. The second-order valence-corrected chi connectivity index (χ2v) is 25.5. The van der Waals surface area contributed by atoms with E-state index < -0.39 is 183 Å². The average Bonchev–Trinajstić information content (AvgIpc) is 1.66. The number of benzene rings is 7. The summed E-state index contributed by atoms with van der Waals surface area (Å²) in [5.74, 6) is 0. The highest BCUT2D eigenvalue weighted by Crippen LogP contribution is 2.51. The van der Waals surface area contributed by atoms with Gasteiger partial charge in [0.2, 0.25) is 0 Å². The van der Waals surface area contributed by atoms with Gasteiger partial charge in [-0.15, -0.1) is 0 Å². The van der Waals surface area contributed by atoms with Gasteiger partial charge in [-0.25, -0.2) is 0 Å². The Bertz CT molecular complexity index is 4530. The summed E-state index contributed by atoms with van der Waals surface area (Å²) < 4.78 is 226. The monoisotopic (exact) mass is 986 g/mol. The quantitative estimate of drug-likeness (QED) is 0.160. The predicted molar refractivity (Wildman–Crippen MR) is 317 cm³/mol. The Morgan fingerprint density at radius 1 is 0.397 bits per heavy atom. The number of anilines is 9. The molecule has 0 saturated carbocycles. The van der Waals surface area contributed by atoms with Gasteiger partial charge in [0.1, 0.15) is 5.58 Å². The van der Waals surface area contributed by atoms with Crippen molar-refractivity contribution < 1.29 is 34.6 Å². The maximum Gasteiger partial charge on any atom is 0.297 e. The molecular formula is C68H78BN3O. The summed E-state index contributed by atoms with van der Waals surface area (Å²) in [6.07, 6.45) is 0. The molecule has 0 amide bonds. The van der Waals surface area contributed by atoms with Gasteiger partial charge in [-0.3, -0.25) is 0 Å². The Morgan fingerprint density at radius 3 is 1.21 bits per heavy atom. The van der Waals surface area contributed by atoms with Crippen molar-refractivity contribution in [2.45, 2.75) is 157 Å². The standard InChI is InChI=1S/C68H78BN3O/c1-63(2,3)43-19-29-49(30-20-43)70(50-31-21-44(22-32-50)64(4,5)6)53-41-57-60-58(42-53)72(52-35-25-46(26-36-52)66(10,11)12)61-54-39-47(67(13,14)15)28-38-59(54)73-62(61)69(60)55-40-48(68(16,17)18)27-37-56(55)71(57)51-33-23-45(24-34-51)65(7,8)9/h19-42H,1-18H3/i19D,20D,21D,22D,23D,24D,25D,26D,27D,28D,29D,30D,31D,32D,33D,34D,35D,36D,37D,38D,39D,40D. The van der Waals surface area contributed by atoms with Crippen molar-refractivity contribution in [1.82, 2.24) is 0 Å². The minimum atomic E-state index is -1.60. The number of hydrogen-bond acceptors (Lipinski definition) is 4. The third kappa shape index (κ3) is 8.99. The van der Waals surface area contributed by atoms with Crippen LogP contribution in [-0.2, 0) is 32.5 Å². The molecule has 0 radical (unpaired) electrons. The van der Waals surface area contributed by atoms with Crippen LogP contribution in [0.25, 0.3) is 11.0 Å². The van der Waals surface area contributed by atoms with E-state index in [1.165, 1.54) is 21.9 Å². The SMILES string of the molecule is [2H]c1c([2H])c(C(C)(C)C)c([2H])c([2H])c1N(c1cc2c3c(c1)N(c1c([2H])c([2H])c(C(C)(C)C)c([2H])c1[2H])c1c(oc4c([2H])c([2H])c(C(C)(C)C)c([2H])c14)B3c1c([2H])c(C(C)(C)C)c([2H])c([2H])c1N2c1c([2H])c([2H])c(C(C)(C)C)c([2H])c1[2H])c1c([2H])c([2H])c(C(C)(C)C)c([2H])c1[2H]. The number of nitrogens with zero attached hydrogens (tertiary/aromatic N) is 3. The van der Waals surface area contributed by atoms with Crippen LogP contribution in [-0.4, -0.2) is 6.71 Å². The van der Waals surface area contributed by atoms with Crippen LogP contribution in [0.1, 0.15) is 188 Å². The van der Waals surface area contributed by atoms with Crippen molar-refractivity contribution >= 4 is 85.5 Å². The molecule has 7 aromatic carbocycles. The van der Waals surface area contributed by atoms with Gasteiger partial charge < -0.3 is 19.1 Å². The zero-order valence-corrected chi connectivity index (χ0v) is 45.5. The molecule has 0 atom stereocenters. The highest BCUT2D eigenvalue weighted by atomic mass is 16.3. The smallest absolute Gasteiger partial charge is 0.297 e. The summed E-state index contributed by atoms with van der Waals surface area (Å²) >= 11 is 0. The lowest BCUT2D eigenvalue weighted by Crippen LogP contribution is -2.61. The minimum absolute atomic E-state index is 0.00263. The highest BCUT2D eigenvalue weighted by molar-refractivity contribution is 7.00. The van der Waals surface area contributed by atoms with Crippen molar-refractivity contribution in [3.8, 4) is 0 Å². The molecule has 4 nitrogen and oxygen atoms in total. The maximum absolute atomic E-state index is 10.6. The summed E-state index contributed by atoms with van der Waals surface area (Å²) in [6.45, 7) is 29.2. The van der Waals surface area contributed by atoms with E-state index in [4.69, 9.17) is 4.42 Å². The molecule has 0 unspecified atom stereocenters. The van der Waals surface area contributed by atoms with Crippen LogP contribution >= 0.6 is 0 Å². The highest BCUT2D eigenvalue weighted by Gasteiger charge is 2.48. The average molecular weight is 986 g/mol. The number of hydrogen-bond donors (Lipinski definition) is 0. The zero-order valence-electron chi connectivity index (χ0n) is 67.5. The molecular weight excluding hydrogens is 886 g/mol. The molecule has 0 bridgehead atoms. The normalized spacial score (nSPS) is 18.3. The second-order valence-electron chi connectivity index (χ2n) is 25.5. The molecule has 0 N–H and O–H groups in total. The Hall–Kier alpha value is -6.46. The first-order valence-corrected chi connectivity index (χ1v) is 24.9. The van der Waals surface area contributed by atoms with Crippen molar-refractivity contribution in [2.24, 2.45) is 0 Å².